The molecule has 1 unspecified atom stereocenters. The lowest BCUT2D eigenvalue weighted by Gasteiger charge is -2.12. The van der Waals surface area contributed by atoms with Crippen molar-refractivity contribution in [3.63, 3.8) is 0 Å². The highest BCUT2D eigenvalue weighted by Gasteiger charge is 2.09. The topological polar surface area (TPSA) is 21.3 Å². The van der Waals surface area contributed by atoms with Gasteiger partial charge >= 0.3 is 0 Å². The molecule has 0 aliphatic carbocycles. The van der Waals surface area contributed by atoms with Crippen molar-refractivity contribution in [3.05, 3.63) is 42.2 Å². The van der Waals surface area contributed by atoms with Crippen molar-refractivity contribution in [1.29, 1.82) is 0 Å². The van der Waals surface area contributed by atoms with Crippen LogP contribution >= 0.6 is 0 Å². The molecular formula is C12H16FNO. The second-order valence-corrected chi connectivity index (χ2v) is 3.29. The Hall–Kier alpha value is -1.35. The quantitative estimate of drug-likeness (QED) is 0.753. The average molecular weight is 209 g/mol. The second-order valence-electron chi connectivity index (χ2n) is 3.29. The van der Waals surface area contributed by atoms with Crippen molar-refractivity contribution in [3.8, 4) is 5.75 Å². The molecule has 0 amide bonds. The molecule has 0 bridgehead atoms. The van der Waals surface area contributed by atoms with Crippen molar-refractivity contribution in [2.75, 3.05) is 13.7 Å². The maximum atomic E-state index is 13.6. The Balaban J connectivity index is 2.82. The minimum Gasteiger partial charge on any atom is -0.489 e. The Morgan fingerprint density at radius 1 is 1.60 bits per heavy atom. The molecule has 3 heteroatoms. The molecule has 0 radical (unpaired) electrons. The minimum absolute atomic E-state index is 0.00143. The largest absolute Gasteiger partial charge is 0.489 e. The summed E-state index contributed by atoms with van der Waals surface area (Å²) < 4.78 is 18.8. The normalized spacial score (nSPS) is 12.2. The van der Waals surface area contributed by atoms with Crippen molar-refractivity contribution < 1.29 is 9.13 Å². The van der Waals surface area contributed by atoms with Crippen LogP contribution in [0.4, 0.5) is 4.39 Å². The van der Waals surface area contributed by atoms with E-state index in [0.29, 0.717) is 17.9 Å². The van der Waals surface area contributed by atoms with Crippen LogP contribution in [-0.4, -0.2) is 13.7 Å². The third kappa shape index (κ3) is 3.06. The first-order chi connectivity index (χ1) is 7.19. The van der Waals surface area contributed by atoms with Gasteiger partial charge in [0.05, 0.1) is 0 Å². The molecule has 1 N–H and O–H groups in total. The number of ether oxygens (including phenoxy) is 1. The first-order valence-corrected chi connectivity index (χ1v) is 4.89. The molecular weight excluding hydrogens is 193 g/mol. The summed E-state index contributed by atoms with van der Waals surface area (Å²) in [7, 11) is 1.80. The van der Waals surface area contributed by atoms with E-state index in [4.69, 9.17) is 4.74 Å². The summed E-state index contributed by atoms with van der Waals surface area (Å²) in [6.07, 6.45) is 1.63. The van der Waals surface area contributed by atoms with Gasteiger partial charge in [-0.15, -0.1) is 0 Å². The summed E-state index contributed by atoms with van der Waals surface area (Å²) in [5, 5.41) is 2.99. The fraction of sp³-hybridized carbons (Fsp3) is 0.333. The van der Waals surface area contributed by atoms with Crippen LogP contribution in [0, 0.1) is 5.82 Å². The summed E-state index contributed by atoms with van der Waals surface area (Å²) in [6.45, 7) is 5.82. The van der Waals surface area contributed by atoms with E-state index >= 15 is 0 Å². The van der Waals surface area contributed by atoms with E-state index in [1.807, 2.05) is 6.92 Å². The summed E-state index contributed by atoms with van der Waals surface area (Å²) >= 11 is 0. The maximum absolute atomic E-state index is 13.6. The van der Waals surface area contributed by atoms with Gasteiger partial charge in [-0.2, -0.15) is 0 Å². The van der Waals surface area contributed by atoms with Gasteiger partial charge in [0, 0.05) is 17.7 Å². The van der Waals surface area contributed by atoms with Gasteiger partial charge in [-0.25, -0.2) is 4.39 Å². The zero-order chi connectivity index (χ0) is 11.3. The summed E-state index contributed by atoms with van der Waals surface area (Å²) in [5.41, 5.74) is 0.642. The van der Waals surface area contributed by atoms with Crippen molar-refractivity contribution in [2.45, 2.75) is 13.0 Å². The third-order valence-corrected chi connectivity index (χ3v) is 2.24. The van der Waals surface area contributed by atoms with Crippen molar-refractivity contribution >= 4 is 0 Å². The van der Waals surface area contributed by atoms with Crippen LogP contribution < -0.4 is 10.1 Å². The summed E-state index contributed by atoms with van der Waals surface area (Å²) in [5.74, 6) is 0.276. The van der Waals surface area contributed by atoms with Crippen LogP contribution in [0.5, 0.6) is 5.75 Å². The molecule has 1 aromatic rings. The van der Waals surface area contributed by atoms with Crippen LogP contribution in [0.2, 0.25) is 0 Å². The standard InChI is InChI=1S/C12H16FNO/c1-4-7-15-10-5-6-11(9(2)14-3)12(13)8-10/h4-6,8-9,14H,1,7H2,2-3H3. The van der Waals surface area contributed by atoms with Crippen molar-refractivity contribution in [2.24, 2.45) is 0 Å². The molecule has 0 aromatic heterocycles. The minimum atomic E-state index is -0.251. The Morgan fingerprint density at radius 3 is 2.87 bits per heavy atom. The molecule has 1 aromatic carbocycles. The number of hydrogen-bond acceptors (Lipinski definition) is 2. The van der Waals surface area contributed by atoms with E-state index < -0.39 is 0 Å². The number of halogens is 1. The lowest BCUT2D eigenvalue weighted by molar-refractivity contribution is 0.360. The van der Waals surface area contributed by atoms with Gasteiger partial charge in [0.2, 0.25) is 0 Å². The zero-order valence-corrected chi connectivity index (χ0v) is 9.09. The van der Waals surface area contributed by atoms with Gasteiger partial charge in [-0.1, -0.05) is 18.7 Å². The predicted octanol–water partition coefficient (Wildman–Crippen LogP) is 2.67. The van der Waals surface area contributed by atoms with Gasteiger partial charge in [-0.05, 0) is 20.0 Å². The molecule has 0 heterocycles. The van der Waals surface area contributed by atoms with Crippen LogP contribution in [0.1, 0.15) is 18.5 Å². The van der Waals surface area contributed by atoms with E-state index in [0.717, 1.165) is 0 Å². The zero-order valence-electron chi connectivity index (χ0n) is 9.09. The molecule has 0 saturated carbocycles. The Kier molecular flexibility index (Phi) is 4.31. The summed E-state index contributed by atoms with van der Waals surface area (Å²) in [4.78, 5) is 0. The van der Waals surface area contributed by atoms with E-state index in [2.05, 4.69) is 11.9 Å². The third-order valence-electron chi connectivity index (χ3n) is 2.24. The smallest absolute Gasteiger partial charge is 0.131 e. The molecule has 15 heavy (non-hydrogen) atoms. The Bertz CT molecular complexity index is 338. The average Bonchev–Trinajstić information content (AvgIpc) is 2.25. The van der Waals surface area contributed by atoms with Crippen LogP contribution in [0.15, 0.2) is 30.9 Å². The van der Waals surface area contributed by atoms with Gasteiger partial charge in [-0.3, -0.25) is 0 Å². The maximum Gasteiger partial charge on any atom is 0.131 e. The molecule has 0 aliphatic heterocycles. The van der Waals surface area contributed by atoms with Gasteiger partial charge in [0.1, 0.15) is 18.2 Å². The Morgan fingerprint density at radius 2 is 2.33 bits per heavy atom. The van der Waals surface area contributed by atoms with Gasteiger partial charge in [0.25, 0.3) is 0 Å². The molecule has 2 nitrogen and oxygen atoms in total. The molecule has 82 valence electrons. The number of benzene rings is 1. The van der Waals surface area contributed by atoms with Crippen molar-refractivity contribution in [1.82, 2.24) is 5.32 Å². The lowest BCUT2D eigenvalue weighted by Crippen LogP contribution is -2.13. The Labute approximate surface area is 89.8 Å². The fourth-order valence-electron chi connectivity index (χ4n) is 1.26. The molecule has 0 saturated heterocycles. The molecule has 0 fully saturated rings. The highest BCUT2D eigenvalue weighted by molar-refractivity contribution is 5.30. The first kappa shape index (κ1) is 11.7. The second kappa shape index (κ2) is 5.51. The monoisotopic (exact) mass is 209 g/mol. The van der Waals surface area contributed by atoms with E-state index in [1.165, 1.54) is 6.07 Å². The molecule has 0 aliphatic rings. The number of nitrogens with one attached hydrogen (secondary N) is 1. The van der Waals surface area contributed by atoms with Gasteiger partial charge < -0.3 is 10.1 Å². The lowest BCUT2D eigenvalue weighted by atomic mass is 10.1. The molecule has 0 spiro atoms. The van der Waals surface area contributed by atoms with Crippen LogP contribution in [0.25, 0.3) is 0 Å². The number of hydrogen-bond donors (Lipinski definition) is 1. The summed E-state index contributed by atoms with van der Waals surface area (Å²) in [6, 6.07) is 4.88. The molecule has 1 rings (SSSR count). The van der Waals surface area contributed by atoms with Crippen LogP contribution in [0.3, 0.4) is 0 Å². The predicted molar refractivity (Wildman–Crippen MR) is 59.6 cm³/mol. The highest BCUT2D eigenvalue weighted by Crippen LogP contribution is 2.21. The molecule has 1 atom stereocenters. The highest BCUT2D eigenvalue weighted by atomic mass is 19.1. The van der Waals surface area contributed by atoms with E-state index in [-0.39, 0.29) is 11.9 Å². The first-order valence-electron chi connectivity index (χ1n) is 4.89. The van der Waals surface area contributed by atoms with Crippen LogP contribution in [-0.2, 0) is 0 Å². The number of rotatable bonds is 5. The van der Waals surface area contributed by atoms with E-state index in [1.54, 1.807) is 25.3 Å². The SMILES string of the molecule is C=CCOc1ccc(C(C)NC)c(F)c1. The van der Waals surface area contributed by atoms with Gasteiger partial charge in [0.15, 0.2) is 0 Å². The fourth-order valence-corrected chi connectivity index (χ4v) is 1.26. The van der Waals surface area contributed by atoms with E-state index in [9.17, 15) is 4.39 Å².